The highest BCUT2D eigenvalue weighted by molar-refractivity contribution is 7.98. The zero-order chi connectivity index (χ0) is 18.4. The molecule has 5 nitrogen and oxygen atoms in total. The first-order valence-electron chi connectivity index (χ1n) is 8.71. The lowest BCUT2D eigenvalue weighted by Gasteiger charge is -2.05. The highest BCUT2D eigenvalue weighted by Crippen LogP contribution is 2.28. The normalized spacial score (nSPS) is 11.4. The number of aryl methyl sites for hydroxylation is 1. The molecule has 0 atom stereocenters. The maximum absolute atomic E-state index is 5.10. The molecule has 3 aromatic rings. The van der Waals surface area contributed by atoms with Crippen molar-refractivity contribution in [1.29, 1.82) is 0 Å². The van der Waals surface area contributed by atoms with E-state index in [0.717, 1.165) is 41.2 Å². The third kappa shape index (κ3) is 4.93. The number of hydrogen-bond donors (Lipinski definition) is 0. The predicted molar refractivity (Wildman–Crippen MR) is 108 cm³/mol. The molecule has 7 heteroatoms. The molecule has 0 N–H and O–H groups in total. The van der Waals surface area contributed by atoms with Gasteiger partial charge in [-0.15, -0.1) is 21.5 Å². The molecule has 0 amide bonds. The number of nitrogens with zero attached hydrogens (tertiary/aromatic N) is 4. The van der Waals surface area contributed by atoms with Gasteiger partial charge in [0.1, 0.15) is 11.3 Å². The molecule has 0 saturated heterocycles. The van der Waals surface area contributed by atoms with E-state index in [1.807, 2.05) is 0 Å². The number of thioether (sulfide) groups is 1. The van der Waals surface area contributed by atoms with E-state index >= 15 is 0 Å². The van der Waals surface area contributed by atoms with Crippen LogP contribution in [0.4, 0.5) is 0 Å². The highest BCUT2D eigenvalue weighted by atomic mass is 32.2. The highest BCUT2D eigenvalue weighted by Gasteiger charge is 2.09. The number of hydrogen-bond acceptors (Lipinski definition) is 6. The van der Waals surface area contributed by atoms with Crippen LogP contribution in [0.25, 0.3) is 10.6 Å². The second-order valence-electron chi connectivity index (χ2n) is 6.36. The first-order chi connectivity index (χ1) is 12.7. The van der Waals surface area contributed by atoms with Crippen LogP contribution in [0, 0.1) is 0 Å². The van der Waals surface area contributed by atoms with Crippen LogP contribution in [-0.2, 0) is 17.0 Å². The average molecular weight is 389 g/mol. The van der Waals surface area contributed by atoms with Gasteiger partial charge in [-0.05, 0) is 17.9 Å². The van der Waals surface area contributed by atoms with Crippen LogP contribution >= 0.6 is 23.1 Å². The van der Waals surface area contributed by atoms with Crippen molar-refractivity contribution < 1.29 is 4.74 Å². The standard InChI is InChI=1S/C19H24N4OS2/c1-14(2)15-5-7-16(8-6-15)18-21-17(11-25-18)12-26-19-22-20-13-23(19)9-4-10-24-3/h5-8,11,13-14H,4,9-10,12H2,1-3H3. The fraction of sp³-hybridized carbons (Fsp3) is 0.421. The fourth-order valence-corrected chi connectivity index (χ4v) is 4.31. The predicted octanol–water partition coefficient (Wildman–Crippen LogP) is 4.85. The summed E-state index contributed by atoms with van der Waals surface area (Å²) in [5.41, 5.74) is 3.61. The summed E-state index contributed by atoms with van der Waals surface area (Å²) in [7, 11) is 1.72. The Morgan fingerprint density at radius 1 is 1.23 bits per heavy atom. The van der Waals surface area contributed by atoms with Gasteiger partial charge in [-0.1, -0.05) is 49.9 Å². The summed E-state index contributed by atoms with van der Waals surface area (Å²) in [6.45, 7) is 6.03. The minimum Gasteiger partial charge on any atom is -0.385 e. The van der Waals surface area contributed by atoms with E-state index in [2.05, 4.69) is 58.3 Å². The number of benzene rings is 1. The van der Waals surface area contributed by atoms with Crippen molar-refractivity contribution in [2.75, 3.05) is 13.7 Å². The Labute approximate surface area is 162 Å². The van der Waals surface area contributed by atoms with E-state index in [0.29, 0.717) is 5.92 Å². The smallest absolute Gasteiger partial charge is 0.191 e. The van der Waals surface area contributed by atoms with Crippen molar-refractivity contribution >= 4 is 23.1 Å². The topological polar surface area (TPSA) is 52.8 Å². The first-order valence-corrected chi connectivity index (χ1v) is 10.6. The quantitative estimate of drug-likeness (QED) is 0.387. The first kappa shape index (κ1) is 19.1. The minimum absolute atomic E-state index is 0.550. The molecule has 0 aliphatic rings. The maximum Gasteiger partial charge on any atom is 0.191 e. The van der Waals surface area contributed by atoms with Crippen LogP contribution < -0.4 is 0 Å². The molecule has 1 aromatic carbocycles. The lowest BCUT2D eigenvalue weighted by atomic mass is 10.0. The molecule has 0 spiro atoms. The third-order valence-corrected chi connectivity index (χ3v) is 6.01. The van der Waals surface area contributed by atoms with Crippen molar-refractivity contribution in [2.24, 2.45) is 0 Å². The van der Waals surface area contributed by atoms with Gasteiger partial charge in [0.15, 0.2) is 5.16 Å². The van der Waals surface area contributed by atoms with Crippen molar-refractivity contribution in [2.45, 2.75) is 43.6 Å². The molecular formula is C19H24N4OS2. The summed E-state index contributed by atoms with van der Waals surface area (Å²) in [4.78, 5) is 4.78. The Bertz CT molecular complexity index is 811. The van der Waals surface area contributed by atoms with Crippen LogP contribution in [0.3, 0.4) is 0 Å². The monoisotopic (exact) mass is 388 g/mol. The van der Waals surface area contributed by atoms with Crippen molar-refractivity contribution in [3.63, 3.8) is 0 Å². The zero-order valence-electron chi connectivity index (χ0n) is 15.4. The molecule has 0 unspecified atom stereocenters. The molecule has 0 aliphatic carbocycles. The van der Waals surface area contributed by atoms with Gasteiger partial charge >= 0.3 is 0 Å². The number of ether oxygens (including phenoxy) is 1. The van der Waals surface area contributed by atoms with E-state index in [-0.39, 0.29) is 0 Å². The molecular weight excluding hydrogens is 364 g/mol. The Morgan fingerprint density at radius 2 is 2.04 bits per heavy atom. The Hall–Kier alpha value is -1.70. The summed E-state index contributed by atoms with van der Waals surface area (Å²) >= 11 is 3.36. The van der Waals surface area contributed by atoms with Gasteiger partial charge in [0.25, 0.3) is 0 Å². The fourth-order valence-electron chi connectivity index (χ4n) is 2.54. The van der Waals surface area contributed by atoms with Gasteiger partial charge in [0.2, 0.25) is 0 Å². The molecule has 26 heavy (non-hydrogen) atoms. The van der Waals surface area contributed by atoms with Gasteiger partial charge in [-0.25, -0.2) is 4.98 Å². The van der Waals surface area contributed by atoms with Crippen LogP contribution in [0.15, 0.2) is 41.1 Å². The van der Waals surface area contributed by atoms with Crippen molar-refractivity contribution in [3.8, 4) is 10.6 Å². The number of aromatic nitrogens is 4. The average Bonchev–Trinajstić information content (AvgIpc) is 3.29. The molecule has 3 rings (SSSR count). The van der Waals surface area contributed by atoms with Crippen LogP contribution in [-0.4, -0.2) is 33.5 Å². The largest absolute Gasteiger partial charge is 0.385 e. The van der Waals surface area contributed by atoms with Crippen molar-refractivity contribution in [3.05, 3.63) is 47.2 Å². The van der Waals surface area contributed by atoms with E-state index in [1.54, 1.807) is 36.5 Å². The second kappa shape index (κ2) is 9.30. The Kier molecular flexibility index (Phi) is 6.82. The molecule has 2 heterocycles. The number of rotatable bonds is 9. The third-order valence-electron chi connectivity index (χ3n) is 4.05. The minimum atomic E-state index is 0.550. The van der Waals surface area contributed by atoms with Crippen molar-refractivity contribution in [1.82, 2.24) is 19.7 Å². The van der Waals surface area contributed by atoms with Gasteiger partial charge in [0, 0.05) is 37.0 Å². The molecule has 0 fully saturated rings. The SMILES string of the molecule is COCCCn1cnnc1SCc1csc(-c2ccc(C(C)C)cc2)n1. The molecule has 0 saturated carbocycles. The summed E-state index contributed by atoms with van der Waals surface area (Å²) < 4.78 is 7.18. The second-order valence-corrected chi connectivity index (χ2v) is 8.16. The Balaban J connectivity index is 1.60. The van der Waals surface area contributed by atoms with Crippen LogP contribution in [0.1, 0.15) is 37.4 Å². The summed E-state index contributed by atoms with van der Waals surface area (Å²) in [5, 5.41) is 12.4. The molecule has 0 radical (unpaired) electrons. The van der Waals surface area contributed by atoms with Gasteiger partial charge < -0.3 is 9.30 Å². The Morgan fingerprint density at radius 3 is 2.77 bits per heavy atom. The molecule has 0 bridgehead atoms. The van der Waals surface area contributed by atoms with Crippen LogP contribution in [0.5, 0.6) is 0 Å². The van der Waals surface area contributed by atoms with Gasteiger partial charge in [-0.2, -0.15) is 0 Å². The van der Waals surface area contributed by atoms with E-state index in [4.69, 9.17) is 9.72 Å². The number of methoxy groups -OCH3 is 1. The summed E-state index contributed by atoms with van der Waals surface area (Å²) in [6.07, 6.45) is 2.73. The van der Waals surface area contributed by atoms with Crippen LogP contribution in [0.2, 0.25) is 0 Å². The molecule has 2 aromatic heterocycles. The van der Waals surface area contributed by atoms with E-state index < -0.39 is 0 Å². The van der Waals surface area contributed by atoms with Gasteiger partial charge in [-0.3, -0.25) is 0 Å². The molecule has 138 valence electrons. The molecule has 0 aliphatic heterocycles. The van der Waals surface area contributed by atoms with E-state index in [1.165, 1.54) is 11.1 Å². The maximum atomic E-state index is 5.10. The summed E-state index contributed by atoms with van der Waals surface area (Å²) in [5.74, 6) is 1.34. The van der Waals surface area contributed by atoms with Gasteiger partial charge in [0.05, 0.1) is 5.69 Å². The zero-order valence-corrected chi connectivity index (χ0v) is 17.0. The number of thiazole rings is 1. The van der Waals surface area contributed by atoms with E-state index in [9.17, 15) is 0 Å². The summed E-state index contributed by atoms with van der Waals surface area (Å²) in [6, 6.07) is 8.71. The lowest BCUT2D eigenvalue weighted by molar-refractivity contribution is 0.189. The lowest BCUT2D eigenvalue weighted by Crippen LogP contribution is -2.02.